The van der Waals surface area contributed by atoms with E-state index >= 15 is 0 Å². The van der Waals surface area contributed by atoms with Gasteiger partial charge in [-0.25, -0.2) is 9.97 Å². The summed E-state index contributed by atoms with van der Waals surface area (Å²) in [5.41, 5.74) is 10.8. The normalized spacial score (nSPS) is 14.9. The van der Waals surface area contributed by atoms with E-state index in [0.717, 1.165) is 35.7 Å². The minimum absolute atomic E-state index is 0.393. The highest BCUT2D eigenvalue weighted by atomic mass is 15.1. The van der Waals surface area contributed by atoms with Gasteiger partial charge in [-0.3, -0.25) is 4.57 Å². The number of hydrogen-bond acceptors (Lipinski definition) is 2. The molecule has 6 aromatic carbocycles. The fourth-order valence-corrected chi connectivity index (χ4v) is 8.99. The van der Waals surface area contributed by atoms with Gasteiger partial charge in [0.15, 0.2) is 5.82 Å². The van der Waals surface area contributed by atoms with Gasteiger partial charge in [0.2, 0.25) is 0 Å². The van der Waals surface area contributed by atoms with E-state index in [4.69, 9.17) is 9.97 Å². The Hall–Kier alpha value is -6.00. The summed E-state index contributed by atoms with van der Waals surface area (Å²) in [5, 5.41) is 10.1. The van der Waals surface area contributed by atoms with Gasteiger partial charge in [-0.15, -0.1) is 0 Å². The van der Waals surface area contributed by atoms with Crippen molar-refractivity contribution in [3.63, 3.8) is 0 Å². The van der Waals surface area contributed by atoms with Crippen LogP contribution >= 0.6 is 0 Å². The van der Waals surface area contributed by atoms with Crippen LogP contribution in [0.15, 0.2) is 121 Å². The van der Waals surface area contributed by atoms with E-state index in [0.29, 0.717) is 11.8 Å². The van der Waals surface area contributed by atoms with Crippen LogP contribution in [0.5, 0.6) is 0 Å². The molecule has 4 heterocycles. The number of hydrogen-bond donors (Lipinski definition) is 0. The second-order valence-electron chi connectivity index (χ2n) is 15.0. The molecule has 0 aliphatic heterocycles. The van der Waals surface area contributed by atoms with Crippen molar-refractivity contribution in [2.75, 3.05) is 0 Å². The maximum absolute atomic E-state index is 5.59. The van der Waals surface area contributed by atoms with E-state index in [1.807, 2.05) is 0 Å². The van der Waals surface area contributed by atoms with Crippen LogP contribution in [0.4, 0.5) is 0 Å². The van der Waals surface area contributed by atoms with Gasteiger partial charge in [-0.2, -0.15) is 0 Å². The Balaban J connectivity index is 1.27. The Labute approximate surface area is 295 Å². The SMILES string of the molecule is CC(C)Cc1ccc2ccc(-c3nc4c(c(-n5c6ccccc6c6cc7c8ccccc8n8c9ccccc9c(c65)c78)n3)CC(C)C=C4)cc2c1. The number of rotatable bonds is 4. The summed E-state index contributed by atoms with van der Waals surface area (Å²) < 4.78 is 4.95. The van der Waals surface area contributed by atoms with E-state index in [-0.39, 0.29) is 0 Å². The molecule has 0 N–H and O–H groups in total. The molecule has 244 valence electrons. The Morgan fingerprint density at radius 1 is 0.667 bits per heavy atom. The first-order valence-electron chi connectivity index (χ1n) is 18.2. The minimum atomic E-state index is 0.393. The lowest BCUT2D eigenvalue weighted by atomic mass is 9.93. The van der Waals surface area contributed by atoms with Crippen molar-refractivity contribution in [1.82, 2.24) is 18.9 Å². The third kappa shape index (κ3) is 4.08. The predicted molar refractivity (Wildman–Crippen MR) is 214 cm³/mol. The number of allylic oxidation sites excluding steroid dienone is 1. The van der Waals surface area contributed by atoms with Crippen LogP contribution in [0.3, 0.4) is 0 Å². The lowest BCUT2D eigenvalue weighted by Gasteiger charge is -2.21. The van der Waals surface area contributed by atoms with Crippen molar-refractivity contribution in [3.05, 3.63) is 138 Å². The molecule has 1 aliphatic carbocycles. The third-order valence-electron chi connectivity index (χ3n) is 11.1. The van der Waals surface area contributed by atoms with Crippen LogP contribution in [0.25, 0.3) is 94.0 Å². The van der Waals surface area contributed by atoms with Gasteiger partial charge in [-0.1, -0.05) is 112 Å². The molecule has 11 rings (SSSR count). The zero-order valence-corrected chi connectivity index (χ0v) is 29.0. The first kappa shape index (κ1) is 28.8. The predicted octanol–water partition coefficient (Wildman–Crippen LogP) is 11.9. The van der Waals surface area contributed by atoms with Crippen LogP contribution in [-0.2, 0) is 12.8 Å². The van der Waals surface area contributed by atoms with Crippen molar-refractivity contribution in [3.8, 4) is 17.2 Å². The molecule has 4 heteroatoms. The molecule has 1 unspecified atom stereocenters. The zero-order valence-electron chi connectivity index (χ0n) is 29.0. The third-order valence-corrected chi connectivity index (χ3v) is 11.1. The van der Waals surface area contributed by atoms with E-state index in [9.17, 15) is 0 Å². The first-order chi connectivity index (χ1) is 25.0. The van der Waals surface area contributed by atoms with Crippen molar-refractivity contribution in [1.29, 1.82) is 0 Å². The zero-order chi connectivity index (χ0) is 34.0. The van der Waals surface area contributed by atoms with Crippen LogP contribution in [-0.4, -0.2) is 18.9 Å². The fourth-order valence-electron chi connectivity index (χ4n) is 8.99. The van der Waals surface area contributed by atoms with Crippen LogP contribution < -0.4 is 0 Å². The first-order valence-corrected chi connectivity index (χ1v) is 18.2. The highest BCUT2D eigenvalue weighted by Crippen LogP contribution is 2.47. The van der Waals surface area contributed by atoms with Gasteiger partial charge in [0.05, 0.1) is 33.3 Å². The van der Waals surface area contributed by atoms with E-state index in [1.54, 1.807) is 0 Å². The van der Waals surface area contributed by atoms with Crippen LogP contribution in [0, 0.1) is 11.8 Å². The number of para-hydroxylation sites is 3. The number of aromatic nitrogens is 4. The molecule has 0 amide bonds. The van der Waals surface area contributed by atoms with Crippen LogP contribution in [0.2, 0.25) is 0 Å². The summed E-state index contributed by atoms with van der Waals surface area (Å²) in [6, 6.07) is 42.6. The molecule has 0 spiro atoms. The number of fused-ring (bicyclic) bond motifs is 12. The fraction of sp³-hybridized carbons (Fsp3) is 0.149. The second kappa shape index (κ2) is 10.5. The quantitative estimate of drug-likeness (QED) is 0.189. The average molecular weight is 657 g/mol. The monoisotopic (exact) mass is 656 g/mol. The lowest BCUT2D eigenvalue weighted by Crippen LogP contribution is -2.13. The standard InChI is InChI=1S/C47H36N4/c1-27(2)22-29-17-18-30-19-20-31(25-32(30)24-29)46-48-39-21-16-28(3)23-38(39)47(49-46)51-41-14-8-5-11-34(41)37-26-36-33-10-4-7-13-40(33)50-42-15-9-6-12-35(42)43(44(36)50)45(37)51/h4-21,24-28H,22-23H2,1-3H3. The van der Waals surface area contributed by atoms with Crippen LogP contribution in [0.1, 0.15) is 37.6 Å². The van der Waals surface area contributed by atoms with Crippen molar-refractivity contribution >= 4 is 76.7 Å². The second-order valence-corrected chi connectivity index (χ2v) is 15.0. The molecule has 0 fully saturated rings. The van der Waals surface area contributed by atoms with E-state index in [2.05, 4.69) is 157 Å². The highest BCUT2D eigenvalue weighted by Gasteiger charge is 2.27. The summed E-state index contributed by atoms with van der Waals surface area (Å²) in [6.45, 7) is 6.85. The lowest BCUT2D eigenvalue weighted by molar-refractivity contribution is 0.648. The van der Waals surface area contributed by atoms with Gasteiger partial charge < -0.3 is 4.40 Å². The smallest absolute Gasteiger partial charge is 0.162 e. The molecular formula is C47H36N4. The number of nitrogens with zero attached hydrogens (tertiary/aromatic N) is 4. The maximum atomic E-state index is 5.59. The largest absolute Gasteiger partial charge is 0.308 e. The van der Waals surface area contributed by atoms with Crippen molar-refractivity contribution in [2.24, 2.45) is 11.8 Å². The van der Waals surface area contributed by atoms with Gasteiger partial charge in [0.25, 0.3) is 0 Å². The molecule has 1 aliphatic rings. The molecule has 4 aromatic heterocycles. The topological polar surface area (TPSA) is 35.1 Å². The van der Waals surface area contributed by atoms with E-state index in [1.165, 1.54) is 81.8 Å². The molecule has 0 saturated heterocycles. The molecule has 1 atom stereocenters. The number of benzene rings is 6. The molecule has 4 nitrogen and oxygen atoms in total. The molecule has 0 bridgehead atoms. The minimum Gasteiger partial charge on any atom is -0.308 e. The van der Waals surface area contributed by atoms with Gasteiger partial charge in [0.1, 0.15) is 5.82 Å². The van der Waals surface area contributed by atoms with E-state index < -0.39 is 0 Å². The molecule has 51 heavy (non-hydrogen) atoms. The summed E-state index contributed by atoms with van der Waals surface area (Å²) in [7, 11) is 0. The summed E-state index contributed by atoms with van der Waals surface area (Å²) in [5.74, 6) is 2.74. The van der Waals surface area contributed by atoms with Gasteiger partial charge in [-0.05, 0) is 77.4 Å². The Kier molecular flexibility index (Phi) is 5.93. The van der Waals surface area contributed by atoms with Crippen molar-refractivity contribution < 1.29 is 0 Å². The Morgan fingerprint density at radius 2 is 1.35 bits per heavy atom. The Morgan fingerprint density at radius 3 is 2.16 bits per heavy atom. The summed E-state index contributed by atoms with van der Waals surface area (Å²) >= 11 is 0. The molecule has 0 saturated carbocycles. The molecular weight excluding hydrogens is 621 g/mol. The summed E-state index contributed by atoms with van der Waals surface area (Å²) in [4.78, 5) is 10.9. The highest BCUT2D eigenvalue weighted by molar-refractivity contribution is 6.34. The Bertz CT molecular complexity index is 3080. The van der Waals surface area contributed by atoms with Crippen molar-refractivity contribution in [2.45, 2.75) is 33.6 Å². The van der Waals surface area contributed by atoms with Gasteiger partial charge >= 0.3 is 0 Å². The molecule has 10 aromatic rings. The maximum Gasteiger partial charge on any atom is 0.162 e. The van der Waals surface area contributed by atoms with Gasteiger partial charge in [0, 0.05) is 43.4 Å². The average Bonchev–Trinajstić information content (AvgIpc) is 3.78. The summed E-state index contributed by atoms with van der Waals surface area (Å²) in [6.07, 6.45) is 6.47. The molecule has 0 radical (unpaired) electrons.